The Morgan fingerprint density at radius 3 is 1.91 bits per heavy atom. The first-order valence-corrected chi connectivity index (χ1v) is 5.78. The highest BCUT2D eigenvalue weighted by Crippen LogP contribution is 2.46. The Labute approximate surface area is 126 Å². The van der Waals surface area contributed by atoms with Gasteiger partial charge in [-0.3, -0.25) is 0 Å². The van der Waals surface area contributed by atoms with E-state index in [2.05, 4.69) is 18.1 Å². The van der Waals surface area contributed by atoms with Gasteiger partial charge in [-0.05, 0) is 6.20 Å². The molecule has 1 rings (SSSR count). The van der Waals surface area contributed by atoms with E-state index in [1.54, 1.807) is 6.20 Å². The summed E-state index contributed by atoms with van der Waals surface area (Å²) in [7, 11) is 0. The number of halogens is 7. The van der Waals surface area contributed by atoms with Crippen LogP contribution in [0.2, 0.25) is 0 Å². The van der Waals surface area contributed by atoms with E-state index in [0.717, 1.165) is 13.2 Å². The minimum atomic E-state index is -6.60. The first-order valence-electron chi connectivity index (χ1n) is 5.78. The van der Waals surface area contributed by atoms with Gasteiger partial charge in [0.2, 0.25) is 0 Å². The highest BCUT2D eigenvalue weighted by molar-refractivity contribution is 5.76. The van der Waals surface area contributed by atoms with Crippen molar-refractivity contribution in [1.29, 1.82) is 0 Å². The summed E-state index contributed by atoms with van der Waals surface area (Å²) >= 11 is 0. The lowest BCUT2D eigenvalue weighted by Gasteiger charge is -2.24. The quantitative estimate of drug-likeness (QED) is 0.611. The topological polar surface area (TPSA) is 43.8 Å². The van der Waals surface area contributed by atoms with Crippen LogP contribution in [-0.2, 0) is 4.79 Å². The molecule has 0 aromatic heterocycles. The SMILES string of the molecule is C=CCN1C=CN(C=C)C1.O=C(O)C(F)(F)C(F)(F)C(F)(F)F. The van der Waals surface area contributed by atoms with Crippen LogP contribution >= 0.6 is 0 Å². The van der Waals surface area contributed by atoms with Crippen LogP contribution < -0.4 is 0 Å². The van der Waals surface area contributed by atoms with E-state index in [9.17, 15) is 35.5 Å². The van der Waals surface area contributed by atoms with Crippen molar-refractivity contribution >= 4 is 5.97 Å². The molecule has 0 radical (unpaired) electrons. The molecule has 0 saturated heterocycles. The number of rotatable bonds is 5. The molecule has 1 aliphatic heterocycles. The molecule has 1 N–H and O–H groups in total. The first kappa shape index (κ1) is 20.8. The van der Waals surface area contributed by atoms with Crippen molar-refractivity contribution in [2.24, 2.45) is 0 Å². The summed E-state index contributed by atoms with van der Waals surface area (Å²) in [4.78, 5) is 13.5. The molecule has 0 unspecified atom stereocenters. The maximum Gasteiger partial charge on any atom is 0.460 e. The molecule has 1 aliphatic rings. The van der Waals surface area contributed by atoms with Gasteiger partial charge in [0.05, 0.1) is 6.67 Å². The monoisotopic (exact) mass is 350 g/mol. The van der Waals surface area contributed by atoms with Gasteiger partial charge in [0, 0.05) is 18.9 Å². The van der Waals surface area contributed by atoms with Crippen molar-refractivity contribution in [2.75, 3.05) is 13.2 Å². The van der Waals surface area contributed by atoms with E-state index in [-0.39, 0.29) is 0 Å². The average Bonchev–Trinajstić information content (AvgIpc) is 2.86. The van der Waals surface area contributed by atoms with Crippen LogP contribution in [0.4, 0.5) is 30.7 Å². The number of hydrogen-bond acceptors (Lipinski definition) is 3. The van der Waals surface area contributed by atoms with Crippen molar-refractivity contribution < 1.29 is 40.6 Å². The van der Waals surface area contributed by atoms with Gasteiger partial charge >= 0.3 is 24.0 Å². The molecule has 1 heterocycles. The normalized spacial score (nSPS) is 15.1. The third-order valence-electron chi connectivity index (χ3n) is 2.43. The summed E-state index contributed by atoms with van der Waals surface area (Å²) in [5.41, 5.74) is 0. The van der Waals surface area contributed by atoms with Gasteiger partial charge in [0.25, 0.3) is 0 Å². The number of carboxylic acids is 1. The molecule has 23 heavy (non-hydrogen) atoms. The van der Waals surface area contributed by atoms with Gasteiger partial charge in [-0.1, -0.05) is 12.7 Å². The zero-order valence-electron chi connectivity index (χ0n) is 11.5. The molecule has 0 fully saturated rings. The van der Waals surface area contributed by atoms with E-state index in [1.165, 1.54) is 0 Å². The molecule has 4 nitrogen and oxygen atoms in total. The zero-order valence-corrected chi connectivity index (χ0v) is 11.5. The predicted molar refractivity (Wildman–Crippen MR) is 66.5 cm³/mol. The van der Waals surface area contributed by atoms with E-state index in [0.29, 0.717) is 0 Å². The fraction of sp³-hybridized carbons (Fsp3) is 0.417. The van der Waals surface area contributed by atoms with Crippen molar-refractivity contribution in [3.05, 3.63) is 37.8 Å². The van der Waals surface area contributed by atoms with Crippen LogP contribution in [-0.4, -0.2) is 52.1 Å². The second-order valence-electron chi connectivity index (χ2n) is 4.15. The Morgan fingerprint density at radius 1 is 1.13 bits per heavy atom. The highest BCUT2D eigenvalue weighted by atomic mass is 19.4. The van der Waals surface area contributed by atoms with E-state index in [4.69, 9.17) is 5.11 Å². The molecular weight excluding hydrogens is 337 g/mol. The lowest BCUT2D eigenvalue weighted by Crippen LogP contribution is -2.56. The molecule has 0 bridgehead atoms. The van der Waals surface area contributed by atoms with Crippen LogP contribution in [0.3, 0.4) is 0 Å². The van der Waals surface area contributed by atoms with Gasteiger partial charge in [-0.15, -0.1) is 6.58 Å². The number of carbonyl (C=O) groups is 1. The summed E-state index contributed by atoms with van der Waals surface area (Å²) < 4.78 is 80.5. The number of alkyl halides is 7. The Morgan fingerprint density at radius 2 is 1.65 bits per heavy atom. The summed E-state index contributed by atoms with van der Waals surface area (Å²) in [6.07, 6.45) is 1.12. The number of carboxylic acid groups (broad SMARTS) is 1. The smallest absolute Gasteiger partial charge is 0.460 e. The Hall–Kier alpha value is -2.20. The minimum Gasteiger partial charge on any atom is -0.477 e. The number of hydrogen-bond donors (Lipinski definition) is 1. The largest absolute Gasteiger partial charge is 0.477 e. The molecule has 0 spiro atoms. The second-order valence-corrected chi connectivity index (χ2v) is 4.15. The summed E-state index contributed by atoms with van der Waals surface area (Å²) in [6.45, 7) is 9.12. The van der Waals surface area contributed by atoms with Crippen molar-refractivity contribution in [3.8, 4) is 0 Å². The Bertz CT molecular complexity index is 475. The molecule has 0 aliphatic carbocycles. The highest BCUT2D eigenvalue weighted by Gasteiger charge is 2.76. The lowest BCUT2D eigenvalue weighted by molar-refractivity contribution is -0.347. The van der Waals surface area contributed by atoms with E-state index >= 15 is 0 Å². The second kappa shape index (κ2) is 7.38. The van der Waals surface area contributed by atoms with Gasteiger partial charge < -0.3 is 14.9 Å². The minimum absolute atomic E-state index is 0.898. The van der Waals surface area contributed by atoms with Gasteiger partial charge in [0.15, 0.2) is 0 Å². The van der Waals surface area contributed by atoms with Crippen LogP contribution in [0, 0.1) is 0 Å². The first-order chi connectivity index (χ1) is 10.3. The zero-order chi connectivity index (χ0) is 18.5. The van der Waals surface area contributed by atoms with Crippen LogP contribution in [0.25, 0.3) is 0 Å². The van der Waals surface area contributed by atoms with Crippen molar-refractivity contribution in [2.45, 2.75) is 18.0 Å². The maximum atomic E-state index is 11.8. The van der Waals surface area contributed by atoms with Gasteiger partial charge in [-0.2, -0.15) is 30.7 Å². The third kappa shape index (κ3) is 4.89. The van der Waals surface area contributed by atoms with Gasteiger partial charge in [-0.25, -0.2) is 4.79 Å². The predicted octanol–water partition coefficient (Wildman–Crippen LogP) is 3.27. The third-order valence-corrected chi connectivity index (χ3v) is 2.43. The van der Waals surface area contributed by atoms with Crippen LogP contribution in [0.5, 0.6) is 0 Å². The molecule has 0 amide bonds. The van der Waals surface area contributed by atoms with Gasteiger partial charge in [0.1, 0.15) is 0 Å². The van der Waals surface area contributed by atoms with E-state index in [1.807, 2.05) is 23.4 Å². The molecular formula is C12H13F7N2O2. The standard InChI is InChI=1S/C8H12N2.C4HF7O2/c1-3-5-10-7-6-9(4-2)8-10;5-2(6,1(12)13)3(7,8)4(9,10)11/h3-4,6-7H,1-2,5,8H2;(H,12,13). The van der Waals surface area contributed by atoms with Crippen molar-refractivity contribution in [3.63, 3.8) is 0 Å². The summed E-state index contributed by atoms with van der Waals surface area (Å²) in [5, 5.41) is 7.41. The average molecular weight is 350 g/mol. The number of aliphatic carboxylic acids is 1. The Balaban J connectivity index is 0.000000433. The van der Waals surface area contributed by atoms with Crippen LogP contribution in [0.1, 0.15) is 0 Å². The summed E-state index contributed by atoms with van der Waals surface area (Å²) in [5.74, 6) is -16.3. The number of nitrogens with zero attached hydrogens (tertiary/aromatic N) is 2. The molecule has 11 heteroatoms. The molecule has 0 aromatic rings. The fourth-order valence-corrected chi connectivity index (χ4v) is 1.20. The lowest BCUT2D eigenvalue weighted by atomic mass is 10.1. The Kier molecular flexibility index (Phi) is 6.67. The molecule has 132 valence electrons. The maximum absolute atomic E-state index is 11.8. The molecule has 0 saturated carbocycles. The molecule has 0 atom stereocenters. The fourth-order valence-electron chi connectivity index (χ4n) is 1.20. The van der Waals surface area contributed by atoms with E-state index < -0.39 is 24.0 Å². The van der Waals surface area contributed by atoms with Crippen LogP contribution in [0.15, 0.2) is 37.8 Å². The van der Waals surface area contributed by atoms with Crippen molar-refractivity contribution in [1.82, 2.24) is 9.80 Å². The molecule has 0 aromatic carbocycles. The summed E-state index contributed by atoms with van der Waals surface area (Å²) in [6, 6.07) is 0.